The Labute approximate surface area is 138 Å². The average Bonchev–Trinajstić information content (AvgIpc) is 3.14. The Hall–Kier alpha value is -2.19. The van der Waals surface area contributed by atoms with Gasteiger partial charge >= 0.3 is 5.97 Å². The number of rotatable bonds is 6. The molecule has 2 aromatic heterocycles. The molecule has 7 nitrogen and oxygen atoms in total. The van der Waals surface area contributed by atoms with Gasteiger partial charge in [-0.15, -0.1) is 11.3 Å². The molecule has 124 valence electrons. The van der Waals surface area contributed by atoms with Gasteiger partial charge in [-0.1, -0.05) is 13.8 Å². The van der Waals surface area contributed by atoms with Crippen molar-refractivity contribution >= 4 is 28.3 Å². The quantitative estimate of drug-likeness (QED) is 0.701. The fourth-order valence-corrected chi connectivity index (χ4v) is 2.77. The predicted octanol–water partition coefficient (Wildman–Crippen LogP) is 2.24. The van der Waals surface area contributed by atoms with Crippen LogP contribution in [0.25, 0.3) is 11.3 Å². The van der Waals surface area contributed by atoms with E-state index >= 15 is 0 Å². The predicted molar refractivity (Wildman–Crippen MR) is 89.3 cm³/mol. The Bertz CT molecular complexity index is 692. The first kappa shape index (κ1) is 17.2. The van der Waals surface area contributed by atoms with E-state index < -0.39 is 12.0 Å². The summed E-state index contributed by atoms with van der Waals surface area (Å²) >= 11 is 1.30. The van der Waals surface area contributed by atoms with Gasteiger partial charge in [0.2, 0.25) is 5.91 Å². The largest absolute Gasteiger partial charge is 0.464 e. The second kappa shape index (κ2) is 7.38. The maximum atomic E-state index is 12.0. The number of esters is 1. The molecule has 0 aliphatic heterocycles. The first-order valence-corrected chi connectivity index (χ1v) is 8.07. The van der Waals surface area contributed by atoms with Gasteiger partial charge in [-0.25, -0.2) is 9.78 Å². The molecule has 2 rings (SSSR count). The first-order valence-electron chi connectivity index (χ1n) is 7.19. The zero-order chi connectivity index (χ0) is 17.0. The van der Waals surface area contributed by atoms with Crippen LogP contribution in [0.5, 0.6) is 0 Å². The average molecular weight is 336 g/mol. The van der Waals surface area contributed by atoms with Crippen LogP contribution >= 0.6 is 11.3 Å². The van der Waals surface area contributed by atoms with Crippen LogP contribution in [0.15, 0.2) is 17.6 Å². The minimum absolute atomic E-state index is 0.246. The van der Waals surface area contributed by atoms with E-state index in [1.165, 1.54) is 18.4 Å². The summed E-state index contributed by atoms with van der Waals surface area (Å²) in [6, 6.07) is 1.09. The molecular weight excluding hydrogens is 316 g/mol. The molecule has 0 aliphatic carbocycles. The topological polar surface area (TPSA) is 110 Å². The van der Waals surface area contributed by atoms with Crippen molar-refractivity contribution in [3.63, 3.8) is 0 Å². The lowest BCUT2D eigenvalue weighted by Crippen LogP contribution is -2.36. The summed E-state index contributed by atoms with van der Waals surface area (Å²) in [5, 5.41) is 5.00. The molecule has 1 amide bonds. The Kier molecular flexibility index (Phi) is 5.51. The number of hydrogen-bond acceptors (Lipinski definition) is 6. The van der Waals surface area contributed by atoms with Crippen LogP contribution < -0.4 is 11.1 Å². The molecule has 0 radical (unpaired) electrons. The van der Waals surface area contributed by atoms with Gasteiger partial charge in [-0.3, -0.25) is 4.79 Å². The highest BCUT2D eigenvalue weighted by atomic mass is 32.1. The number of nitrogens with zero attached hydrogens (tertiary/aromatic N) is 1. The highest BCUT2D eigenvalue weighted by molar-refractivity contribution is 7.14. The van der Waals surface area contributed by atoms with Gasteiger partial charge in [-0.05, 0) is 18.4 Å². The molecule has 2 aromatic rings. The summed E-state index contributed by atoms with van der Waals surface area (Å²) in [5.41, 5.74) is 7.60. The van der Waals surface area contributed by atoms with E-state index in [0.29, 0.717) is 28.9 Å². The fraction of sp³-hybridized carbons (Fsp3) is 0.400. The van der Waals surface area contributed by atoms with Crippen molar-refractivity contribution in [2.45, 2.75) is 26.3 Å². The number of amides is 1. The number of hydrogen-bond donors (Lipinski definition) is 3. The lowest BCUT2D eigenvalue weighted by atomic mass is 10.0. The van der Waals surface area contributed by atoms with E-state index in [1.807, 2.05) is 13.8 Å². The minimum Gasteiger partial charge on any atom is -0.464 e. The molecule has 1 atom stereocenters. The highest BCUT2D eigenvalue weighted by Gasteiger charge is 2.17. The molecule has 0 saturated carbocycles. The molecule has 0 saturated heterocycles. The smallest absolute Gasteiger partial charge is 0.354 e. The van der Waals surface area contributed by atoms with Crippen molar-refractivity contribution in [1.29, 1.82) is 0 Å². The number of H-pyrrole nitrogens is 1. The molecule has 0 unspecified atom stereocenters. The monoisotopic (exact) mass is 336 g/mol. The lowest BCUT2D eigenvalue weighted by molar-refractivity contribution is -0.117. The number of nitrogens with two attached hydrogens (primary N) is 1. The number of thiazole rings is 1. The number of ether oxygens (including phenoxy) is 1. The maximum Gasteiger partial charge on any atom is 0.354 e. The lowest BCUT2D eigenvalue weighted by Gasteiger charge is -2.12. The Morgan fingerprint density at radius 3 is 2.87 bits per heavy atom. The molecule has 23 heavy (non-hydrogen) atoms. The first-order chi connectivity index (χ1) is 10.9. The van der Waals surface area contributed by atoms with Gasteiger partial charge < -0.3 is 20.8 Å². The van der Waals surface area contributed by atoms with Crippen molar-refractivity contribution in [2.24, 2.45) is 11.7 Å². The number of methoxy groups -OCH3 is 1. The molecule has 0 aromatic carbocycles. The van der Waals surface area contributed by atoms with Crippen LogP contribution in [0, 0.1) is 5.92 Å². The fourth-order valence-electron chi connectivity index (χ4n) is 2.05. The molecule has 0 aliphatic rings. The van der Waals surface area contributed by atoms with Crippen molar-refractivity contribution < 1.29 is 14.3 Å². The zero-order valence-corrected chi connectivity index (χ0v) is 14.1. The van der Waals surface area contributed by atoms with Gasteiger partial charge in [0.25, 0.3) is 0 Å². The molecule has 8 heteroatoms. The standard InChI is InChI=1S/C15H20N4O3S/c1-8(2)4-10(16)13(20)19-15-18-12(7-23-15)9-5-11(17-6-9)14(21)22-3/h5-8,10,17H,4,16H2,1-3H3,(H,18,19,20)/t10-/m0/s1. The number of anilines is 1. The minimum atomic E-state index is -0.555. The van der Waals surface area contributed by atoms with Crippen LogP contribution in [0.2, 0.25) is 0 Å². The van der Waals surface area contributed by atoms with Gasteiger partial charge in [0.1, 0.15) is 5.69 Å². The van der Waals surface area contributed by atoms with Gasteiger partial charge in [0.15, 0.2) is 5.13 Å². The van der Waals surface area contributed by atoms with Crippen molar-refractivity contribution in [3.8, 4) is 11.3 Å². The van der Waals surface area contributed by atoms with Crippen molar-refractivity contribution in [1.82, 2.24) is 9.97 Å². The number of carbonyl (C=O) groups excluding carboxylic acids is 2. The molecule has 0 spiro atoms. The summed E-state index contributed by atoms with van der Waals surface area (Å²) in [4.78, 5) is 30.6. The van der Waals surface area contributed by atoms with Crippen LogP contribution in [0.3, 0.4) is 0 Å². The zero-order valence-electron chi connectivity index (χ0n) is 13.3. The third-order valence-electron chi connectivity index (χ3n) is 3.18. The van der Waals surface area contributed by atoms with Crippen molar-refractivity contribution in [3.05, 3.63) is 23.3 Å². The summed E-state index contributed by atoms with van der Waals surface area (Å²) in [6.07, 6.45) is 2.28. The van der Waals surface area contributed by atoms with Crippen LogP contribution in [-0.4, -0.2) is 35.0 Å². The Morgan fingerprint density at radius 1 is 1.48 bits per heavy atom. The molecular formula is C15H20N4O3S. The van der Waals surface area contributed by atoms with E-state index in [9.17, 15) is 9.59 Å². The van der Waals surface area contributed by atoms with Crippen LogP contribution in [0.4, 0.5) is 5.13 Å². The maximum absolute atomic E-state index is 12.0. The number of aromatic nitrogens is 2. The molecule has 0 fully saturated rings. The van der Waals surface area contributed by atoms with Gasteiger partial charge in [0.05, 0.1) is 18.8 Å². The third kappa shape index (κ3) is 4.40. The molecule has 0 bridgehead atoms. The number of aromatic amines is 1. The normalized spacial score (nSPS) is 12.2. The van der Waals surface area contributed by atoms with Crippen molar-refractivity contribution in [2.75, 3.05) is 12.4 Å². The van der Waals surface area contributed by atoms with E-state index in [1.54, 1.807) is 17.6 Å². The van der Waals surface area contributed by atoms with E-state index in [0.717, 1.165) is 5.56 Å². The third-order valence-corrected chi connectivity index (χ3v) is 3.94. The van der Waals surface area contributed by atoms with Crippen LogP contribution in [-0.2, 0) is 9.53 Å². The van der Waals surface area contributed by atoms with E-state index in [4.69, 9.17) is 5.73 Å². The Morgan fingerprint density at radius 2 is 2.22 bits per heavy atom. The van der Waals surface area contributed by atoms with E-state index in [2.05, 4.69) is 20.0 Å². The molecule has 4 N–H and O–H groups in total. The summed E-state index contributed by atoms with van der Waals surface area (Å²) < 4.78 is 4.64. The summed E-state index contributed by atoms with van der Waals surface area (Å²) in [6.45, 7) is 4.03. The van der Waals surface area contributed by atoms with Gasteiger partial charge in [-0.2, -0.15) is 0 Å². The van der Waals surface area contributed by atoms with Gasteiger partial charge in [0, 0.05) is 17.1 Å². The second-order valence-electron chi connectivity index (χ2n) is 5.56. The van der Waals surface area contributed by atoms with Crippen LogP contribution in [0.1, 0.15) is 30.8 Å². The molecule has 2 heterocycles. The SMILES string of the molecule is COC(=O)c1cc(-c2csc(NC(=O)[C@@H](N)CC(C)C)n2)c[nH]1. The number of carbonyl (C=O) groups is 2. The highest BCUT2D eigenvalue weighted by Crippen LogP contribution is 2.25. The summed E-state index contributed by atoms with van der Waals surface area (Å²) in [7, 11) is 1.32. The number of nitrogens with one attached hydrogen (secondary N) is 2. The second-order valence-corrected chi connectivity index (χ2v) is 6.41. The summed E-state index contributed by atoms with van der Waals surface area (Å²) in [5.74, 6) is -0.345. The van der Waals surface area contributed by atoms with E-state index in [-0.39, 0.29) is 5.91 Å². The Balaban J connectivity index is 2.04.